The van der Waals surface area contributed by atoms with Crippen LogP contribution >= 0.6 is 0 Å². The average Bonchev–Trinajstić information content (AvgIpc) is 3.16. The summed E-state index contributed by atoms with van der Waals surface area (Å²) in [6.45, 7) is 2.00. The summed E-state index contributed by atoms with van der Waals surface area (Å²) < 4.78 is 34.4. The second-order valence-corrected chi connectivity index (χ2v) is 12.7. The van der Waals surface area contributed by atoms with Crippen LogP contribution in [0.2, 0.25) is 0 Å². The van der Waals surface area contributed by atoms with E-state index in [9.17, 15) is 13.6 Å². The molecule has 0 heterocycles. The van der Waals surface area contributed by atoms with Crippen LogP contribution in [-0.2, 0) is 11.1 Å². The summed E-state index contributed by atoms with van der Waals surface area (Å²) in [6.07, 6.45) is 0. The molecule has 244 valence electrons. The lowest BCUT2D eigenvalue weighted by atomic mass is 9.89. The van der Waals surface area contributed by atoms with Crippen molar-refractivity contribution in [1.82, 2.24) is 0 Å². The number of carbonyl (C=O) groups excluding carboxylic acids is 1. The van der Waals surface area contributed by atoms with E-state index in [1.54, 1.807) is 24.3 Å². The van der Waals surface area contributed by atoms with Crippen LogP contribution in [0.4, 0.5) is 0 Å². The molecule has 0 saturated heterocycles. The Hall–Kier alpha value is -6.08. The molecule has 0 aliphatic carbocycles. The molecule has 50 heavy (non-hydrogen) atoms. The molecule has 0 bridgehead atoms. The van der Waals surface area contributed by atoms with Crippen LogP contribution in [0.3, 0.4) is 0 Å². The summed E-state index contributed by atoms with van der Waals surface area (Å²) in [7, 11) is 0. The van der Waals surface area contributed by atoms with Gasteiger partial charge in [-0.05, 0) is 124 Å². The zero-order valence-corrected chi connectivity index (χ0v) is 27.9. The van der Waals surface area contributed by atoms with Crippen molar-refractivity contribution < 1.29 is 23.0 Å². The standard InChI is InChI=1S/C44H32O5S/c1-30-10-12-33(13-11-30)44(45)34-18-24-37(25-19-34)48-35-20-14-31(15-21-35)40-6-2-4-8-42(40)43-9-5-3-7-41(43)32-16-22-36(23-17-32)49-38-26-28-39(29-27-38)50(46)47/h2-29H,1H3,(H,46,47)/p-1. The third-order valence-electron chi connectivity index (χ3n) is 8.39. The molecule has 0 aromatic heterocycles. The molecule has 0 radical (unpaired) electrons. The Morgan fingerprint density at radius 1 is 0.460 bits per heavy atom. The van der Waals surface area contributed by atoms with Gasteiger partial charge in [0, 0.05) is 16.0 Å². The van der Waals surface area contributed by atoms with E-state index in [2.05, 4.69) is 36.4 Å². The van der Waals surface area contributed by atoms with Crippen molar-refractivity contribution in [2.24, 2.45) is 0 Å². The largest absolute Gasteiger partial charge is 0.768 e. The van der Waals surface area contributed by atoms with Crippen LogP contribution in [0.1, 0.15) is 21.5 Å². The highest BCUT2D eigenvalue weighted by atomic mass is 32.2. The van der Waals surface area contributed by atoms with Gasteiger partial charge in [-0.1, -0.05) is 103 Å². The number of rotatable bonds is 10. The maximum absolute atomic E-state index is 12.9. The molecule has 7 rings (SSSR count). The van der Waals surface area contributed by atoms with E-state index in [-0.39, 0.29) is 10.7 Å². The van der Waals surface area contributed by atoms with Crippen LogP contribution in [0, 0.1) is 6.92 Å². The summed E-state index contributed by atoms with van der Waals surface area (Å²) in [5, 5.41) is 0. The second kappa shape index (κ2) is 14.6. The molecule has 0 aliphatic heterocycles. The summed E-state index contributed by atoms with van der Waals surface area (Å²) in [4.78, 5) is 13.1. The normalized spacial score (nSPS) is 11.5. The molecule has 0 amide bonds. The van der Waals surface area contributed by atoms with E-state index in [0.717, 1.165) is 38.9 Å². The minimum absolute atomic E-state index is 0.0201. The number of ether oxygens (including phenoxy) is 2. The third-order valence-corrected chi connectivity index (χ3v) is 9.05. The molecule has 6 heteroatoms. The number of hydrogen-bond acceptors (Lipinski definition) is 5. The minimum Gasteiger partial charge on any atom is -0.768 e. The van der Waals surface area contributed by atoms with E-state index in [0.29, 0.717) is 34.1 Å². The van der Waals surface area contributed by atoms with Crippen LogP contribution in [0.5, 0.6) is 23.0 Å². The van der Waals surface area contributed by atoms with Gasteiger partial charge in [-0.3, -0.25) is 9.00 Å². The summed E-state index contributed by atoms with van der Waals surface area (Å²) in [5.74, 6) is 2.53. The highest BCUT2D eigenvalue weighted by Crippen LogP contribution is 2.39. The first-order valence-corrected chi connectivity index (χ1v) is 17.1. The van der Waals surface area contributed by atoms with E-state index < -0.39 is 11.1 Å². The van der Waals surface area contributed by atoms with Crippen LogP contribution in [0.15, 0.2) is 175 Å². The van der Waals surface area contributed by atoms with Gasteiger partial charge in [0.25, 0.3) is 0 Å². The number of carbonyl (C=O) groups is 1. The summed E-state index contributed by atoms with van der Waals surface area (Å²) >= 11 is -2.28. The lowest BCUT2D eigenvalue weighted by Crippen LogP contribution is -2.00. The van der Waals surface area contributed by atoms with Crippen LogP contribution in [0.25, 0.3) is 33.4 Å². The van der Waals surface area contributed by atoms with Crippen molar-refractivity contribution in [2.75, 3.05) is 0 Å². The maximum atomic E-state index is 12.9. The zero-order valence-electron chi connectivity index (χ0n) is 27.1. The second-order valence-electron chi connectivity index (χ2n) is 11.8. The minimum atomic E-state index is -2.28. The molecule has 1 atom stereocenters. The van der Waals surface area contributed by atoms with Gasteiger partial charge < -0.3 is 14.0 Å². The van der Waals surface area contributed by atoms with Crippen molar-refractivity contribution in [3.05, 3.63) is 187 Å². The van der Waals surface area contributed by atoms with Gasteiger partial charge in [0.05, 0.1) is 0 Å². The molecule has 0 fully saturated rings. The van der Waals surface area contributed by atoms with Crippen molar-refractivity contribution in [3.63, 3.8) is 0 Å². The first-order valence-electron chi connectivity index (χ1n) is 16.1. The van der Waals surface area contributed by atoms with E-state index in [4.69, 9.17) is 9.47 Å². The van der Waals surface area contributed by atoms with Gasteiger partial charge >= 0.3 is 0 Å². The Bertz CT molecular complexity index is 2280. The molecular weight excluding hydrogens is 641 g/mol. The Labute approximate surface area is 293 Å². The van der Waals surface area contributed by atoms with Gasteiger partial charge in [0.1, 0.15) is 23.0 Å². The molecule has 0 spiro atoms. The number of ketones is 1. The van der Waals surface area contributed by atoms with E-state index in [1.165, 1.54) is 12.1 Å². The summed E-state index contributed by atoms with van der Waals surface area (Å²) in [6, 6.07) is 53.6. The molecule has 0 N–H and O–H groups in total. The lowest BCUT2D eigenvalue weighted by Gasteiger charge is -2.15. The first kappa shape index (κ1) is 32.5. The Morgan fingerprint density at radius 2 is 0.800 bits per heavy atom. The maximum Gasteiger partial charge on any atom is 0.193 e. The number of aryl methyl sites for hydroxylation is 1. The fourth-order valence-electron chi connectivity index (χ4n) is 5.78. The molecule has 7 aromatic carbocycles. The molecule has 0 aliphatic rings. The monoisotopic (exact) mass is 671 g/mol. The molecule has 5 nitrogen and oxygen atoms in total. The van der Waals surface area contributed by atoms with E-state index in [1.807, 2.05) is 104 Å². The SMILES string of the molecule is Cc1ccc(C(=O)c2ccc(Oc3ccc(-c4ccccc4-c4ccccc4-c4ccc(Oc5ccc(S(=O)[O-])cc5)cc4)cc3)cc2)cc1. The van der Waals surface area contributed by atoms with Crippen LogP contribution in [-0.4, -0.2) is 14.5 Å². The predicted octanol–water partition coefficient (Wildman–Crippen LogP) is 11.0. The summed E-state index contributed by atoms with van der Waals surface area (Å²) in [5.41, 5.74) is 8.84. The number of hydrogen-bond donors (Lipinski definition) is 0. The molecular formula is C44H31O5S-. The van der Waals surface area contributed by atoms with Crippen LogP contribution < -0.4 is 9.47 Å². The highest BCUT2D eigenvalue weighted by molar-refractivity contribution is 7.79. The van der Waals surface area contributed by atoms with Gasteiger partial charge in [0.15, 0.2) is 5.78 Å². The fourth-order valence-corrected chi connectivity index (χ4v) is 6.14. The smallest absolute Gasteiger partial charge is 0.193 e. The fraction of sp³-hybridized carbons (Fsp3) is 0.0227. The Balaban J connectivity index is 1.08. The van der Waals surface area contributed by atoms with Crippen molar-refractivity contribution in [2.45, 2.75) is 11.8 Å². The van der Waals surface area contributed by atoms with Crippen molar-refractivity contribution in [3.8, 4) is 56.4 Å². The lowest BCUT2D eigenvalue weighted by molar-refractivity contribution is 0.103. The average molecular weight is 672 g/mol. The third kappa shape index (κ3) is 7.32. The number of benzene rings is 7. The quantitative estimate of drug-likeness (QED) is 0.107. The van der Waals surface area contributed by atoms with Crippen molar-refractivity contribution >= 4 is 16.9 Å². The van der Waals surface area contributed by atoms with Gasteiger partial charge in [-0.25, -0.2) is 0 Å². The predicted molar refractivity (Wildman–Crippen MR) is 198 cm³/mol. The Kier molecular flexibility index (Phi) is 9.47. The van der Waals surface area contributed by atoms with Gasteiger partial charge in [-0.2, -0.15) is 0 Å². The highest BCUT2D eigenvalue weighted by Gasteiger charge is 2.13. The van der Waals surface area contributed by atoms with Crippen molar-refractivity contribution in [1.29, 1.82) is 0 Å². The topological polar surface area (TPSA) is 75.7 Å². The molecule has 0 saturated carbocycles. The molecule has 1 unspecified atom stereocenters. The zero-order chi connectivity index (χ0) is 34.5. The van der Waals surface area contributed by atoms with Gasteiger partial charge in [0.2, 0.25) is 0 Å². The van der Waals surface area contributed by atoms with E-state index >= 15 is 0 Å². The molecule has 7 aromatic rings. The van der Waals surface area contributed by atoms with Gasteiger partial charge in [-0.15, -0.1) is 0 Å². The first-order chi connectivity index (χ1) is 24.4. The Morgan fingerprint density at radius 3 is 1.20 bits per heavy atom.